The number of nitrogens with two attached hydrogens (primary N) is 1. The molecule has 0 unspecified atom stereocenters. The SMILES string of the molecule is COc1cc(NCCc2cc(F)cc(F)c2)ccc1N. The lowest BCUT2D eigenvalue weighted by Gasteiger charge is -2.10. The second kappa shape index (κ2) is 6.23. The Morgan fingerprint density at radius 2 is 1.80 bits per heavy atom. The van der Waals surface area contributed by atoms with Crippen LogP contribution in [0.15, 0.2) is 36.4 Å². The second-order valence-electron chi connectivity index (χ2n) is 4.41. The monoisotopic (exact) mass is 278 g/mol. The van der Waals surface area contributed by atoms with Crippen LogP contribution >= 0.6 is 0 Å². The van der Waals surface area contributed by atoms with Crippen molar-refractivity contribution in [1.29, 1.82) is 0 Å². The van der Waals surface area contributed by atoms with Gasteiger partial charge in [-0.2, -0.15) is 0 Å². The fourth-order valence-corrected chi connectivity index (χ4v) is 1.93. The van der Waals surface area contributed by atoms with Crippen molar-refractivity contribution >= 4 is 11.4 Å². The Labute approximate surface area is 116 Å². The molecule has 0 aromatic heterocycles. The van der Waals surface area contributed by atoms with Crippen molar-refractivity contribution in [3.8, 4) is 5.75 Å². The van der Waals surface area contributed by atoms with Crippen LogP contribution in [0.1, 0.15) is 5.56 Å². The molecular weight excluding hydrogens is 262 g/mol. The first kappa shape index (κ1) is 14.1. The molecule has 0 aliphatic carbocycles. The van der Waals surface area contributed by atoms with Gasteiger partial charge < -0.3 is 15.8 Å². The molecule has 0 aliphatic heterocycles. The van der Waals surface area contributed by atoms with Gasteiger partial charge in [0.05, 0.1) is 12.8 Å². The highest BCUT2D eigenvalue weighted by molar-refractivity contribution is 5.61. The predicted octanol–water partition coefficient (Wildman–Crippen LogP) is 3.21. The summed E-state index contributed by atoms with van der Waals surface area (Å²) in [6, 6.07) is 8.86. The Kier molecular flexibility index (Phi) is 4.40. The number of benzene rings is 2. The van der Waals surface area contributed by atoms with Gasteiger partial charge in [-0.15, -0.1) is 0 Å². The molecule has 0 heterocycles. The first-order valence-corrected chi connectivity index (χ1v) is 6.21. The van der Waals surface area contributed by atoms with E-state index in [0.29, 0.717) is 30.0 Å². The van der Waals surface area contributed by atoms with Crippen molar-refractivity contribution < 1.29 is 13.5 Å². The fourth-order valence-electron chi connectivity index (χ4n) is 1.93. The number of rotatable bonds is 5. The first-order valence-electron chi connectivity index (χ1n) is 6.21. The lowest BCUT2D eigenvalue weighted by atomic mass is 10.1. The molecule has 20 heavy (non-hydrogen) atoms. The van der Waals surface area contributed by atoms with E-state index in [-0.39, 0.29) is 0 Å². The molecule has 0 bridgehead atoms. The Morgan fingerprint density at radius 3 is 2.45 bits per heavy atom. The summed E-state index contributed by atoms with van der Waals surface area (Å²) in [5.74, 6) is -0.532. The van der Waals surface area contributed by atoms with Crippen LogP contribution in [-0.2, 0) is 6.42 Å². The van der Waals surface area contributed by atoms with Crippen molar-refractivity contribution in [2.45, 2.75) is 6.42 Å². The van der Waals surface area contributed by atoms with Crippen LogP contribution in [0.5, 0.6) is 5.75 Å². The summed E-state index contributed by atoms with van der Waals surface area (Å²) in [4.78, 5) is 0. The Bertz CT molecular complexity index is 582. The van der Waals surface area contributed by atoms with E-state index in [1.165, 1.54) is 12.1 Å². The van der Waals surface area contributed by atoms with Gasteiger partial charge in [0, 0.05) is 24.4 Å². The number of halogens is 2. The molecule has 2 aromatic rings. The van der Waals surface area contributed by atoms with Crippen LogP contribution in [0.4, 0.5) is 20.2 Å². The van der Waals surface area contributed by atoms with E-state index in [2.05, 4.69) is 5.32 Å². The predicted molar refractivity (Wildman–Crippen MR) is 76.0 cm³/mol. The van der Waals surface area contributed by atoms with Crippen molar-refractivity contribution in [2.75, 3.05) is 24.7 Å². The van der Waals surface area contributed by atoms with Crippen LogP contribution in [-0.4, -0.2) is 13.7 Å². The van der Waals surface area contributed by atoms with Crippen LogP contribution in [0.3, 0.4) is 0 Å². The van der Waals surface area contributed by atoms with Crippen LogP contribution in [0, 0.1) is 11.6 Å². The Hall–Kier alpha value is -2.30. The Balaban J connectivity index is 1.95. The zero-order valence-corrected chi connectivity index (χ0v) is 11.1. The molecule has 5 heteroatoms. The highest BCUT2D eigenvalue weighted by atomic mass is 19.1. The molecule has 2 aromatic carbocycles. The Morgan fingerprint density at radius 1 is 1.10 bits per heavy atom. The van der Waals surface area contributed by atoms with Gasteiger partial charge in [-0.1, -0.05) is 0 Å². The van der Waals surface area contributed by atoms with Crippen LogP contribution < -0.4 is 15.8 Å². The van der Waals surface area contributed by atoms with Crippen molar-refractivity contribution in [2.24, 2.45) is 0 Å². The molecule has 0 atom stereocenters. The minimum Gasteiger partial charge on any atom is -0.495 e. The molecule has 2 rings (SSSR count). The molecular formula is C15H16F2N2O. The van der Waals surface area contributed by atoms with E-state index in [4.69, 9.17) is 10.5 Å². The van der Waals surface area contributed by atoms with E-state index in [1.807, 2.05) is 6.07 Å². The van der Waals surface area contributed by atoms with Gasteiger partial charge in [-0.3, -0.25) is 0 Å². The van der Waals surface area contributed by atoms with E-state index >= 15 is 0 Å². The highest BCUT2D eigenvalue weighted by Crippen LogP contribution is 2.24. The van der Waals surface area contributed by atoms with Gasteiger partial charge in [-0.05, 0) is 36.2 Å². The quantitative estimate of drug-likeness (QED) is 0.826. The third kappa shape index (κ3) is 3.60. The van der Waals surface area contributed by atoms with E-state index < -0.39 is 11.6 Å². The summed E-state index contributed by atoms with van der Waals surface area (Å²) in [6.45, 7) is 0.552. The minimum absolute atomic E-state index is 0.515. The summed E-state index contributed by atoms with van der Waals surface area (Å²) in [5.41, 5.74) is 7.73. The summed E-state index contributed by atoms with van der Waals surface area (Å²) < 4.78 is 31.2. The number of methoxy groups -OCH3 is 1. The number of hydrogen-bond acceptors (Lipinski definition) is 3. The molecule has 0 saturated carbocycles. The van der Waals surface area contributed by atoms with Crippen molar-refractivity contribution in [3.05, 3.63) is 53.6 Å². The first-order chi connectivity index (χ1) is 9.58. The molecule has 0 aliphatic rings. The number of nitrogens with one attached hydrogen (secondary N) is 1. The lowest BCUT2D eigenvalue weighted by Crippen LogP contribution is -2.06. The van der Waals surface area contributed by atoms with Gasteiger partial charge in [-0.25, -0.2) is 8.78 Å². The molecule has 0 radical (unpaired) electrons. The average molecular weight is 278 g/mol. The van der Waals surface area contributed by atoms with Gasteiger partial charge in [0.25, 0.3) is 0 Å². The van der Waals surface area contributed by atoms with Gasteiger partial charge in [0.2, 0.25) is 0 Å². The molecule has 3 N–H and O–H groups in total. The van der Waals surface area contributed by atoms with Gasteiger partial charge >= 0.3 is 0 Å². The van der Waals surface area contributed by atoms with Crippen molar-refractivity contribution in [1.82, 2.24) is 0 Å². The average Bonchev–Trinajstić information content (AvgIpc) is 2.39. The van der Waals surface area contributed by atoms with E-state index in [1.54, 1.807) is 19.2 Å². The van der Waals surface area contributed by atoms with Gasteiger partial charge in [0.15, 0.2) is 0 Å². The van der Waals surface area contributed by atoms with E-state index in [9.17, 15) is 8.78 Å². The molecule has 0 fully saturated rings. The molecule has 0 saturated heterocycles. The summed E-state index contributed by atoms with van der Waals surface area (Å²) in [5, 5.41) is 3.15. The molecule has 0 amide bonds. The molecule has 0 spiro atoms. The smallest absolute Gasteiger partial charge is 0.143 e. The summed E-state index contributed by atoms with van der Waals surface area (Å²) in [6.07, 6.45) is 0.515. The standard InChI is InChI=1S/C15H16F2N2O/c1-20-15-9-13(2-3-14(15)18)19-5-4-10-6-11(16)8-12(17)7-10/h2-3,6-9,19H,4-5,18H2,1H3. The largest absolute Gasteiger partial charge is 0.495 e. The normalized spacial score (nSPS) is 10.3. The summed E-state index contributed by atoms with van der Waals surface area (Å²) in [7, 11) is 1.55. The maximum absolute atomic E-state index is 13.0. The number of ether oxygens (including phenoxy) is 1. The second-order valence-corrected chi connectivity index (χ2v) is 4.41. The maximum atomic E-state index is 13.0. The third-order valence-electron chi connectivity index (χ3n) is 2.90. The lowest BCUT2D eigenvalue weighted by molar-refractivity contribution is 0.417. The van der Waals surface area contributed by atoms with E-state index in [0.717, 1.165) is 11.8 Å². The third-order valence-corrected chi connectivity index (χ3v) is 2.90. The zero-order valence-electron chi connectivity index (χ0n) is 11.1. The number of hydrogen-bond donors (Lipinski definition) is 2. The van der Waals surface area contributed by atoms with Crippen LogP contribution in [0.25, 0.3) is 0 Å². The van der Waals surface area contributed by atoms with Gasteiger partial charge in [0.1, 0.15) is 17.4 Å². The number of anilines is 2. The highest BCUT2D eigenvalue weighted by Gasteiger charge is 2.02. The molecule has 3 nitrogen and oxygen atoms in total. The van der Waals surface area contributed by atoms with Crippen LogP contribution in [0.2, 0.25) is 0 Å². The number of nitrogen functional groups attached to an aromatic ring is 1. The summed E-state index contributed by atoms with van der Waals surface area (Å²) >= 11 is 0. The zero-order chi connectivity index (χ0) is 14.5. The maximum Gasteiger partial charge on any atom is 0.143 e. The minimum atomic E-state index is -0.561. The van der Waals surface area contributed by atoms with Crippen molar-refractivity contribution in [3.63, 3.8) is 0 Å². The topological polar surface area (TPSA) is 47.3 Å². The fraction of sp³-hybridized carbons (Fsp3) is 0.200. The molecule has 106 valence electrons.